The molecule has 2 rings (SSSR count). The first kappa shape index (κ1) is 29.5. The van der Waals surface area contributed by atoms with Crippen LogP contribution in [0.1, 0.15) is 74.1 Å². The number of Topliss-reactive ketones (excluding diaryl/α,β-unsaturated/α-hetero) is 1. The van der Waals surface area contributed by atoms with Crippen LogP contribution in [0.3, 0.4) is 0 Å². The zero-order valence-corrected chi connectivity index (χ0v) is 22.4. The molecule has 2 fully saturated rings. The van der Waals surface area contributed by atoms with Gasteiger partial charge >= 0.3 is 6.09 Å². The molecule has 0 bridgehead atoms. The third kappa shape index (κ3) is 7.91. The lowest BCUT2D eigenvalue weighted by Crippen LogP contribution is -2.60. The van der Waals surface area contributed by atoms with Crippen molar-refractivity contribution < 1.29 is 33.8 Å². The zero-order chi connectivity index (χ0) is 27.4. The van der Waals surface area contributed by atoms with Gasteiger partial charge in [-0.05, 0) is 65.2 Å². The maximum atomic E-state index is 13.5. The van der Waals surface area contributed by atoms with Crippen LogP contribution in [0.25, 0.3) is 0 Å². The number of ketones is 1. The second kappa shape index (κ2) is 12.0. The van der Waals surface area contributed by atoms with Crippen LogP contribution < -0.4 is 16.0 Å². The quantitative estimate of drug-likeness (QED) is 0.318. The first-order chi connectivity index (χ1) is 16.7. The highest BCUT2D eigenvalue weighted by Crippen LogP contribution is 2.32. The summed E-state index contributed by atoms with van der Waals surface area (Å²) in [6.07, 6.45) is 0.307. The Bertz CT molecular complexity index is 848. The number of amides is 4. The van der Waals surface area contributed by atoms with E-state index in [9.17, 15) is 29.1 Å². The molecule has 0 radical (unpaired) electrons. The average Bonchev–Trinajstić information content (AvgIpc) is 3.46. The predicted molar refractivity (Wildman–Crippen MR) is 132 cm³/mol. The van der Waals surface area contributed by atoms with Gasteiger partial charge in [0.2, 0.25) is 17.6 Å². The third-order valence-corrected chi connectivity index (χ3v) is 6.45. The van der Waals surface area contributed by atoms with E-state index in [1.54, 1.807) is 27.7 Å². The number of carbonyl (C=O) groups is 5. The van der Waals surface area contributed by atoms with E-state index in [1.165, 1.54) is 11.8 Å². The maximum Gasteiger partial charge on any atom is 0.408 e. The van der Waals surface area contributed by atoms with Gasteiger partial charge < -0.3 is 30.7 Å². The molecule has 0 unspecified atom stereocenters. The Labute approximate surface area is 213 Å². The van der Waals surface area contributed by atoms with E-state index in [4.69, 9.17) is 4.74 Å². The summed E-state index contributed by atoms with van der Waals surface area (Å²) in [5.41, 5.74) is -0.803. The molecule has 5 atom stereocenters. The van der Waals surface area contributed by atoms with Crippen molar-refractivity contribution in [2.24, 2.45) is 11.8 Å². The highest BCUT2D eigenvalue weighted by atomic mass is 16.6. The van der Waals surface area contributed by atoms with Crippen molar-refractivity contribution >= 4 is 29.6 Å². The van der Waals surface area contributed by atoms with Gasteiger partial charge in [0.15, 0.2) is 0 Å². The Kier molecular flexibility index (Phi) is 9.87. The number of nitrogens with one attached hydrogen (secondary N) is 3. The molecule has 36 heavy (non-hydrogen) atoms. The number of alkyl carbamates (subject to hydrolysis) is 1. The molecule has 0 spiro atoms. The van der Waals surface area contributed by atoms with Crippen LogP contribution >= 0.6 is 0 Å². The Morgan fingerprint density at radius 2 is 1.64 bits per heavy atom. The number of aliphatic hydroxyl groups excluding tert-OH is 1. The molecule has 1 aliphatic carbocycles. The van der Waals surface area contributed by atoms with Gasteiger partial charge in [-0.1, -0.05) is 20.8 Å². The Morgan fingerprint density at radius 1 is 1.03 bits per heavy atom. The highest BCUT2D eigenvalue weighted by Gasteiger charge is 2.46. The van der Waals surface area contributed by atoms with Crippen LogP contribution in [-0.4, -0.2) is 82.0 Å². The Balaban J connectivity index is 2.21. The fourth-order valence-corrected chi connectivity index (χ4v) is 4.35. The third-order valence-electron chi connectivity index (χ3n) is 6.45. The molecule has 1 saturated heterocycles. The smallest absolute Gasteiger partial charge is 0.408 e. The van der Waals surface area contributed by atoms with Crippen LogP contribution in [0.2, 0.25) is 0 Å². The second-order valence-corrected chi connectivity index (χ2v) is 11.1. The van der Waals surface area contributed by atoms with E-state index in [-0.39, 0.29) is 30.8 Å². The monoisotopic (exact) mass is 510 g/mol. The standard InChI is InChI=1S/C25H42N4O7/c1-8-17(20(31)22(33)26-15-9-10-15)27-21(32)19-16(13(2)3)11-12-29(19)23(34)18(14(4)30)28-24(35)36-25(5,6)7/h13-19,30H,8-12H2,1-7H3,(H,26,33)(H,27,32)(H,28,35)/t14-,16+,17-,18-,19-/m0/s1. The summed E-state index contributed by atoms with van der Waals surface area (Å²) >= 11 is 0. The van der Waals surface area contributed by atoms with E-state index in [0.29, 0.717) is 6.42 Å². The van der Waals surface area contributed by atoms with Gasteiger partial charge in [0.1, 0.15) is 17.7 Å². The topological polar surface area (TPSA) is 154 Å². The number of carbonyl (C=O) groups excluding carboxylic acids is 5. The van der Waals surface area contributed by atoms with E-state index in [0.717, 1.165) is 12.8 Å². The predicted octanol–water partition coefficient (Wildman–Crippen LogP) is 0.876. The SMILES string of the molecule is CC[C@H](NC(=O)[C@@H]1[C@@H](C(C)C)CCN1C(=O)[C@@H](NC(=O)OC(C)(C)C)[C@H](C)O)C(=O)C(=O)NC1CC1. The Hall–Kier alpha value is -2.69. The molecular weight excluding hydrogens is 468 g/mol. The normalized spacial score (nSPS) is 22.4. The van der Waals surface area contributed by atoms with Gasteiger partial charge in [0, 0.05) is 12.6 Å². The van der Waals surface area contributed by atoms with Crippen molar-refractivity contribution in [3.05, 3.63) is 0 Å². The van der Waals surface area contributed by atoms with Crippen molar-refractivity contribution in [1.82, 2.24) is 20.9 Å². The van der Waals surface area contributed by atoms with Gasteiger partial charge in [0.05, 0.1) is 12.1 Å². The molecule has 1 saturated carbocycles. The molecule has 204 valence electrons. The van der Waals surface area contributed by atoms with Gasteiger partial charge in [-0.2, -0.15) is 0 Å². The summed E-state index contributed by atoms with van der Waals surface area (Å²) < 4.78 is 5.23. The first-order valence-electron chi connectivity index (χ1n) is 12.8. The summed E-state index contributed by atoms with van der Waals surface area (Å²) in [6, 6.07) is -3.26. The second-order valence-electron chi connectivity index (χ2n) is 11.1. The lowest BCUT2D eigenvalue weighted by atomic mass is 9.87. The van der Waals surface area contributed by atoms with E-state index >= 15 is 0 Å². The van der Waals surface area contributed by atoms with Crippen LogP contribution in [0.4, 0.5) is 4.79 Å². The number of hydrogen-bond acceptors (Lipinski definition) is 7. The fourth-order valence-electron chi connectivity index (χ4n) is 4.35. The zero-order valence-electron chi connectivity index (χ0n) is 22.4. The van der Waals surface area contributed by atoms with Crippen molar-refractivity contribution in [1.29, 1.82) is 0 Å². The minimum absolute atomic E-state index is 0.0119. The number of ether oxygens (including phenoxy) is 1. The molecule has 0 aromatic rings. The van der Waals surface area contributed by atoms with Gasteiger partial charge in [0.25, 0.3) is 5.91 Å². The largest absolute Gasteiger partial charge is 0.444 e. The molecule has 1 aliphatic heterocycles. The lowest BCUT2D eigenvalue weighted by Gasteiger charge is -2.33. The molecule has 11 nitrogen and oxygen atoms in total. The summed E-state index contributed by atoms with van der Waals surface area (Å²) in [4.78, 5) is 65.5. The van der Waals surface area contributed by atoms with Crippen molar-refractivity contribution in [2.45, 2.75) is 110 Å². The molecule has 4 N–H and O–H groups in total. The highest BCUT2D eigenvalue weighted by molar-refractivity contribution is 6.38. The fraction of sp³-hybridized carbons (Fsp3) is 0.800. The van der Waals surface area contributed by atoms with Crippen LogP contribution in [-0.2, 0) is 23.9 Å². The molecular formula is C25H42N4O7. The van der Waals surface area contributed by atoms with Gasteiger partial charge in [-0.25, -0.2) is 4.79 Å². The van der Waals surface area contributed by atoms with E-state index in [1.807, 2.05) is 13.8 Å². The van der Waals surface area contributed by atoms with Crippen LogP contribution in [0, 0.1) is 11.8 Å². The minimum Gasteiger partial charge on any atom is -0.444 e. The molecule has 0 aromatic carbocycles. The van der Waals surface area contributed by atoms with Crippen molar-refractivity contribution in [3.8, 4) is 0 Å². The van der Waals surface area contributed by atoms with Crippen molar-refractivity contribution in [3.63, 3.8) is 0 Å². The number of likely N-dealkylation sites (tertiary alicyclic amines) is 1. The van der Waals surface area contributed by atoms with E-state index in [2.05, 4.69) is 16.0 Å². The lowest BCUT2D eigenvalue weighted by molar-refractivity contribution is -0.145. The molecule has 4 amide bonds. The average molecular weight is 511 g/mol. The Morgan fingerprint density at radius 3 is 2.11 bits per heavy atom. The number of hydrogen-bond donors (Lipinski definition) is 4. The van der Waals surface area contributed by atoms with Gasteiger partial charge in [-0.15, -0.1) is 0 Å². The summed E-state index contributed by atoms with van der Waals surface area (Å²) in [6.45, 7) is 12.2. The molecule has 0 aromatic heterocycles. The minimum atomic E-state index is -1.33. The van der Waals surface area contributed by atoms with Crippen LogP contribution in [0.15, 0.2) is 0 Å². The van der Waals surface area contributed by atoms with Gasteiger partial charge in [-0.3, -0.25) is 19.2 Å². The molecule has 11 heteroatoms. The summed E-state index contributed by atoms with van der Waals surface area (Å²) in [7, 11) is 0. The van der Waals surface area contributed by atoms with E-state index < -0.39 is 59.4 Å². The summed E-state index contributed by atoms with van der Waals surface area (Å²) in [5.74, 6) is -2.77. The molecule has 1 heterocycles. The summed E-state index contributed by atoms with van der Waals surface area (Å²) in [5, 5.41) is 18.0. The maximum absolute atomic E-state index is 13.5. The number of nitrogens with zero attached hydrogens (tertiary/aromatic N) is 1. The number of aliphatic hydroxyl groups is 1. The van der Waals surface area contributed by atoms with Crippen LogP contribution in [0.5, 0.6) is 0 Å². The van der Waals surface area contributed by atoms with Crippen molar-refractivity contribution in [2.75, 3.05) is 6.54 Å². The number of rotatable bonds is 10. The molecule has 2 aliphatic rings. The first-order valence-corrected chi connectivity index (χ1v) is 12.8.